The van der Waals surface area contributed by atoms with Gasteiger partial charge < -0.3 is 11.1 Å². The van der Waals surface area contributed by atoms with Gasteiger partial charge in [0.2, 0.25) is 5.91 Å². The van der Waals surface area contributed by atoms with Crippen molar-refractivity contribution in [3.8, 4) is 0 Å². The molecule has 2 unspecified atom stereocenters. The number of hydrogen-bond donors (Lipinski definition) is 2. The van der Waals surface area contributed by atoms with Crippen LogP contribution in [0.1, 0.15) is 71.4 Å². The smallest absolute Gasteiger partial charge is 0.221 e. The van der Waals surface area contributed by atoms with Gasteiger partial charge in [-0.1, -0.05) is 89.4 Å². The molecular weight excluding hydrogens is 504 g/mol. The van der Waals surface area contributed by atoms with Crippen LogP contribution in [-0.4, -0.2) is 18.3 Å². The summed E-state index contributed by atoms with van der Waals surface area (Å²) in [4.78, 5) is 20.1. The number of allylic oxidation sites excluding steroid dienone is 4. The largest absolute Gasteiger partial charge is 0.399 e. The van der Waals surface area contributed by atoms with E-state index in [1.807, 2.05) is 36.7 Å². The zero-order chi connectivity index (χ0) is 27.4. The molecule has 5 nitrogen and oxygen atoms in total. The summed E-state index contributed by atoms with van der Waals surface area (Å²) in [5.74, 6) is 0.511. The number of nitrogens with two attached hydrogens (primary N) is 1. The zero-order valence-electron chi connectivity index (χ0n) is 22.7. The van der Waals surface area contributed by atoms with Crippen LogP contribution in [-0.2, 0) is 4.79 Å². The topological polar surface area (TPSA) is 79.8 Å². The molecule has 2 aliphatic rings. The number of rotatable bonds is 5. The predicted octanol–water partition coefficient (Wildman–Crippen LogP) is 9.42. The van der Waals surface area contributed by atoms with E-state index in [0.717, 1.165) is 35.6 Å². The second kappa shape index (κ2) is 13.7. The van der Waals surface area contributed by atoms with Gasteiger partial charge in [-0.05, 0) is 56.9 Å². The van der Waals surface area contributed by atoms with Crippen LogP contribution in [0.4, 0.5) is 11.4 Å². The Morgan fingerprint density at radius 1 is 0.756 bits per heavy atom. The van der Waals surface area contributed by atoms with E-state index < -0.39 is 0 Å². The van der Waals surface area contributed by atoms with E-state index in [9.17, 15) is 4.79 Å². The molecule has 0 saturated carbocycles. The number of fused-ring (bicyclic) bond motifs is 2. The van der Waals surface area contributed by atoms with Gasteiger partial charge >= 0.3 is 0 Å². The van der Waals surface area contributed by atoms with Crippen LogP contribution >= 0.6 is 0 Å². The number of hydrogen-bond acceptors (Lipinski definition) is 4. The lowest BCUT2D eigenvalue weighted by atomic mass is 9.92. The van der Waals surface area contributed by atoms with Crippen LogP contribution in [0.15, 0.2) is 106 Å². The summed E-state index contributed by atoms with van der Waals surface area (Å²) in [6, 6.07) is 24.8. The first-order valence-electron chi connectivity index (χ1n) is 13.4. The number of amides is 1. The van der Waals surface area contributed by atoms with Crippen LogP contribution in [0.2, 0.25) is 0 Å². The van der Waals surface area contributed by atoms with E-state index in [0.29, 0.717) is 5.92 Å². The van der Waals surface area contributed by atoms with Crippen molar-refractivity contribution in [2.75, 3.05) is 11.1 Å². The van der Waals surface area contributed by atoms with E-state index in [4.69, 9.17) is 5.73 Å². The first-order valence-corrected chi connectivity index (χ1v) is 13.4. The van der Waals surface area contributed by atoms with Crippen molar-refractivity contribution < 1.29 is 4.79 Å². The average Bonchev–Trinajstić information content (AvgIpc) is 3.67. The van der Waals surface area contributed by atoms with Crippen molar-refractivity contribution in [1.82, 2.24) is 0 Å². The number of anilines is 2. The number of nitrogen functional groups attached to an aromatic ring is 1. The van der Waals surface area contributed by atoms with Gasteiger partial charge in [0.1, 0.15) is 0 Å². The molecule has 41 heavy (non-hydrogen) atoms. The fraction of sp³-hybridized carbons (Fsp3) is 0.250. The highest BCUT2D eigenvalue weighted by Gasteiger charge is 2.16. The molecule has 2 heterocycles. The Kier molecular flexibility index (Phi) is 10.4. The summed E-state index contributed by atoms with van der Waals surface area (Å²) in [5.41, 5.74) is 12.4. The fourth-order valence-electron chi connectivity index (χ4n) is 5.31. The van der Waals surface area contributed by atoms with Gasteiger partial charge in [0.15, 0.2) is 0 Å². The third-order valence-corrected chi connectivity index (χ3v) is 7.34. The second-order valence-electron chi connectivity index (χ2n) is 10.1. The van der Waals surface area contributed by atoms with Crippen LogP contribution in [0, 0.1) is 0 Å². The SMILES string of the molecule is C.C.CC(=O)Nc1ccc2cccc(C(C)C3=CCC=N3)c2c1.CC(C1=CCC=N1)c1cccc2ccc(N)cc12. The Labute approximate surface area is 244 Å². The lowest BCUT2D eigenvalue weighted by Gasteiger charge is -2.15. The first-order chi connectivity index (χ1) is 18.9. The average molecular weight is 547 g/mol. The molecular formula is C36H42N4O. The number of nitrogens with one attached hydrogen (secondary N) is 1. The molecule has 0 aromatic heterocycles. The minimum atomic E-state index is -0.0528. The van der Waals surface area contributed by atoms with Crippen molar-refractivity contribution in [1.29, 1.82) is 0 Å². The number of nitrogens with zero attached hydrogens (tertiary/aromatic N) is 2. The minimum Gasteiger partial charge on any atom is -0.399 e. The van der Waals surface area contributed by atoms with E-state index in [-0.39, 0.29) is 26.7 Å². The standard InChI is InChI=1S/C18H18N2O.C16H16N2.2CH4/c1-12(18-7-4-10-19-18)16-6-3-5-14-8-9-15(11-17(14)16)20-13(2)21;1-11(16-6-3-9-18-16)14-5-2-4-12-7-8-13(17)10-15(12)14;;/h3,5-12H,4H2,1-2H3,(H,20,21);2,4-11H,3,17H2,1H3;2*1H4. The third kappa shape index (κ3) is 6.98. The molecule has 1 amide bonds. The summed E-state index contributed by atoms with van der Waals surface area (Å²) in [6.07, 6.45) is 10.1. The molecule has 0 aliphatic carbocycles. The molecule has 2 aliphatic heterocycles. The van der Waals surface area contributed by atoms with Crippen LogP contribution in [0.5, 0.6) is 0 Å². The highest BCUT2D eigenvalue weighted by Crippen LogP contribution is 2.34. The lowest BCUT2D eigenvalue weighted by molar-refractivity contribution is -0.114. The molecule has 0 bridgehead atoms. The summed E-state index contributed by atoms with van der Waals surface area (Å²) >= 11 is 0. The molecule has 6 rings (SSSR count). The van der Waals surface area contributed by atoms with Gasteiger partial charge in [0, 0.05) is 66.8 Å². The van der Waals surface area contributed by atoms with E-state index in [1.165, 1.54) is 39.6 Å². The molecule has 0 saturated heterocycles. The highest BCUT2D eigenvalue weighted by molar-refractivity contribution is 5.95. The Morgan fingerprint density at radius 2 is 1.27 bits per heavy atom. The highest BCUT2D eigenvalue weighted by atomic mass is 16.1. The summed E-state index contributed by atoms with van der Waals surface area (Å²) in [5, 5.41) is 7.65. The van der Waals surface area contributed by atoms with Crippen molar-refractivity contribution in [3.63, 3.8) is 0 Å². The second-order valence-corrected chi connectivity index (χ2v) is 10.1. The van der Waals surface area contributed by atoms with Gasteiger partial charge in [-0.3, -0.25) is 14.8 Å². The monoisotopic (exact) mass is 546 g/mol. The van der Waals surface area contributed by atoms with Crippen molar-refractivity contribution in [2.45, 2.75) is 60.3 Å². The quantitative estimate of drug-likeness (QED) is 0.245. The van der Waals surface area contributed by atoms with Crippen LogP contribution in [0.25, 0.3) is 21.5 Å². The van der Waals surface area contributed by atoms with E-state index >= 15 is 0 Å². The van der Waals surface area contributed by atoms with E-state index in [2.05, 4.69) is 89.8 Å². The summed E-state index contributed by atoms with van der Waals surface area (Å²) < 4.78 is 0. The number of benzene rings is 4. The van der Waals surface area contributed by atoms with Gasteiger partial charge in [0.25, 0.3) is 0 Å². The molecule has 0 fully saturated rings. The van der Waals surface area contributed by atoms with Crippen LogP contribution in [0.3, 0.4) is 0 Å². The normalized spacial score (nSPS) is 14.7. The summed E-state index contributed by atoms with van der Waals surface area (Å²) in [7, 11) is 0. The molecule has 2 atom stereocenters. The van der Waals surface area contributed by atoms with Gasteiger partial charge in [-0.25, -0.2) is 0 Å². The van der Waals surface area contributed by atoms with Gasteiger partial charge in [0.05, 0.1) is 0 Å². The molecule has 4 aromatic rings. The Morgan fingerprint density at radius 3 is 1.76 bits per heavy atom. The third-order valence-electron chi connectivity index (χ3n) is 7.34. The van der Waals surface area contributed by atoms with Crippen molar-refractivity contribution in [3.05, 3.63) is 107 Å². The number of carbonyl (C=O) groups excluding carboxylic acids is 1. The Hall–Kier alpha value is -4.51. The minimum absolute atomic E-state index is 0. The fourth-order valence-corrected chi connectivity index (χ4v) is 5.31. The molecule has 4 aromatic carbocycles. The predicted molar refractivity (Wildman–Crippen MR) is 179 cm³/mol. The molecule has 0 spiro atoms. The number of carbonyl (C=O) groups is 1. The molecule has 5 heteroatoms. The van der Waals surface area contributed by atoms with Gasteiger partial charge in [-0.15, -0.1) is 0 Å². The summed E-state index contributed by atoms with van der Waals surface area (Å²) in [6.45, 7) is 5.90. The maximum Gasteiger partial charge on any atom is 0.221 e. The van der Waals surface area contributed by atoms with Crippen molar-refractivity contribution >= 4 is 51.3 Å². The Balaban J connectivity index is 0.000000217. The van der Waals surface area contributed by atoms with Crippen LogP contribution < -0.4 is 11.1 Å². The zero-order valence-corrected chi connectivity index (χ0v) is 22.7. The Bertz CT molecular complexity index is 1660. The molecule has 3 N–H and O–H groups in total. The molecule has 0 radical (unpaired) electrons. The maximum absolute atomic E-state index is 11.2. The number of aliphatic imine (C=N–C) groups is 2. The van der Waals surface area contributed by atoms with E-state index in [1.54, 1.807) is 0 Å². The maximum atomic E-state index is 11.2. The first kappa shape index (κ1) is 31.0. The van der Waals surface area contributed by atoms with Gasteiger partial charge in [-0.2, -0.15) is 0 Å². The molecule has 212 valence electrons. The lowest BCUT2D eigenvalue weighted by Crippen LogP contribution is -2.05. The van der Waals surface area contributed by atoms with Crippen molar-refractivity contribution in [2.24, 2.45) is 9.98 Å².